The number of unbranched alkanes of at least 4 members (excludes halogenated alkanes) is 1. The van der Waals surface area contributed by atoms with Crippen LogP contribution in [0.1, 0.15) is 51.2 Å². The fraction of sp³-hybridized carbons (Fsp3) is 0.385. The first-order valence-electron chi connectivity index (χ1n) is 11.5. The lowest BCUT2D eigenvalue weighted by Gasteiger charge is -2.22. The second-order valence-electron chi connectivity index (χ2n) is 8.57. The topological polar surface area (TPSA) is 103 Å². The molecule has 0 unspecified atom stereocenters. The van der Waals surface area contributed by atoms with Crippen LogP contribution in [0.25, 0.3) is 11.0 Å². The quantitative estimate of drug-likeness (QED) is 0.253. The summed E-state index contributed by atoms with van der Waals surface area (Å²) >= 11 is 0. The van der Waals surface area contributed by atoms with Gasteiger partial charge in [0.1, 0.15) is 17.4 Å². The summed E-state index contributed by atoms with van der Waals surface area (Å²) in [5.41, 5.74) is 1.67. The van der Waals surface area contributed by atoms with Gasteiger partial charge in [0.05, 0.1) is 4.90 Å². The van der Waals surface area contributed by atoms with Gasteiger partial charge in [0, 0.05) is 17.5 Å². The molecule has 2 aromatic carbocycles. The van der Waals surface area contributed by atoms with E-state index in [1.165, 1.54) is 24.3 Å². The highest BCUT2D eigenvalue weighted by atomic mass is 32.2. The molecule has 2 atom stereocenters. The molecule has 0 amide bonds. The van der Waals surface area contributed by atoms with Crippen LogP contribution in [-0.2, 0) is 21.2 Å². The molecule has 34 heavy (non-hydrogen) atoms. The van der Waals surface area contributed by atoms with Crippen LogP contribution < -0.4 is 15.1 Å². The fourth-order valence-electron chi connectivity index (χ4n) is 3.61. The Morgan fingerprint density at radius 2 is 1.79 bits per heavy atom. The minimum atomic E-state index is -3.93. The molecule has 0 saturated heterocycles. The summed E-state index contributed by atoms with van der Waals surface area (Å²) in [5.74, 6) is -0.864. The average Bonchev–Trinajstić information content (AvgIpc) is 2.80. The Morgan fingerprint density at radius 3 is 2.44 bits per heavy atom. The van der Waals surface area contributed by atoms with E-state index in [4.69, 9.17) is 9.15 Å². The van der Waals surface area contributed by atoms with Gasteiger partial charge < -0.3 is 9.15 Å². The molecule has 0 aliphatic rings. The number of hydrogen-bond acceptors (Lipinski definition) is 6. The van der Waals surface area contributed by atoms with E-state index in [1.54, 1.807) is 31.2 Å². The molecular formula is C26H31NO6S. The second kappa shape index (κ2) is 11.0. The predicted octanol–water partition coefficient (Wildman–Crippen LogP) is 4.74. The van der Waals surface area contributed by atoms with Crippen LogP contribution in [0.15, 0.2) is 62.6 Å². The molecule has 0 bridgehead atoms. The first-order valence-corrected chi connectivity index (χ1v) is 13.0. The van der Waals surface area contributed by atoms with E-state index in [9.17, 15) is 18.0 Å². The van der Waals surface area contributed by atoms with Crippen LogP contribution >= 0.6 is 0 Å². The Balaban J connectivity index is 1.86. The lowest BCUT2D eigenvalue weighted by Crippen LogP contribution is -2.46. The Bertz CT molecular complexity index is 1310. The van der Waals surface area contributed by atoms with E-state index in [-0.39, 0.29) is 16.6 Å². The smallest absolute Gasteiger partial charge is 0.336 e. The normalized spacial score (nSPS) is 13.5. The maximum Gasteiger partial charge on any atom is 0.336 e. The van der Waals surface area contributed by atoms with Gasteiger partial charge in [-0.3, -0.25) is 0 Å². The minimum absolute atomic E-state index is 0.0753. The summed E-state index contributed by atoms with van der Waals surface area (Å²) in [6, 6.07) is 11.7. The molecule has 7 nitrogen and oxygen atoms in total. The molecule has 0 aliphatic heterocycles. The Hall–Kier alpha value is -2.97. The van der Waals surface area contributed by atoms with Crippen molar-refractivity contribution in [3.63, 3.8) is 0 Å². The van der Waals surface area contributed by atoms with Gasteiger partial charge in [0.25, 0.3) is 0 Å². The van der Waals surface area contributed by atoms with Crippen molar-refractivity contribution < 1.29 is 22.4 Å². The molecule has 3 aromatic rings. The van der Waals surface area contributed by atoms with E-state index in [0.29, 0.717) is 12.0 Å². The van der Waals surface area contributed by atoms with E-state index in [0.717, 1.165) is 35.8 Å². The summed E-state index contributed by atoms with van der Waals surface area (Å²) in [6.45, 7) is 7.59. The summed E-state index contributed by atoms with van der Waals surface area (Å²) in [5, 5.41) is 0.784. The van der Waals surface area contributed by atoms with Crippen LogP contribution in [0.5, 0.6) is 5.75 Å². The average molecular weight is 486 g/mol. The number of carbonyl (C=O) groups excluding carboxylic acids is 1. The second-order valence-corrected chi connectivity index (χ2v) is 10.3. The highest BCUT2D eigenvalue weighted by Gasteiger charge is 2.31. The van der Waals surface area contributed by atoms with Crippen molar-refractivity contribution in [3.05, 3.63) is 70.1 Å². The van der Waals surface area contributed by atoms with E-state index < -0.39 is 27.7 Å². The predicted molar refractivity (Wildman–Crippen MR) is 131 cm³/mol. The van der Waals surface area contributed by atoms with Crippen molar-refractivity contribution in [2.75, 3.05) is 0 Å². The van der Waals surface area contributed by atoms with E-state index >= 15 is 0 Å². The number of ether oxygens (including phenoxy) is 1. The zero-order chi connectivity index (χ0) is 24.9. The van der Waals surface area contributed by atoms with Gasteiger partial charge in [-0.25, -0.2) is 18.0 Å². The van der Waals surface area contributed by atoms with Crippen LogP contribution in [0.3, 0.4) is 0 Å². The van der Waals surface area contributed by atoms with Gasteiger partial charge in [-0.1, -0.05) is 51.3 Å². The maximum absolute atomic E-state index is 13.0. The zero-order valence-corrected chi connectivity index (χ0v) is 20.8. The number of benzene rings is 2. The SMILES string of the molecule is CCCCc1cc(=O)oc2cc(OC(=O)[C@@H](NS(=O)(=O)c3ccc(C)cc3)[C@H](C)CC)ccc12. The number of aryl methyl sites for hydroxylation is 2. The Morgan fingerprint density at radius 1 is 1.09 bits per heavy atom. The number of nitrogens with one attached hydrogen (secondary N) is 1. The van der Waals surface area contributed by atoms with Crippen molar-refractivity contribution in [1.29, 1.82) is 0 Å². The summed E-state index contributed by atoms with van der Waals surface area (Å²) in [6.07, 6.45) is 3.23. The molecule has 0 aliphatic carbocycles. The molecule has 0 saturated carbocycles. The monoisotopic (exact) mass is 485 g/mol. The Labute approximate surface area is 200 Å². The van der Waals surface area contributed by atoms with Gasteiger partial charge in [0.15, 0.2) is 0 Å². The lowest BCUT2D eigenvalue weighted by atomic mass is 10.0. The third kappa shape index (κ3) is 6.12. The fourth-order valence-corrected chi connectivity index (χ4v) is 4.91. The summed E-state index contributed by atoms with van der Waals surface area (Å²) in [4.78, 5) is 25.1. The lowest BCUT2D eigenvalue weighted by molar-refractivity contribution is -0.137. The van der Waals surface area contributed by atoms with Crippen molar-refractivity contribution in [3.8, 4) is 5.75 Å². The molecule has 1 heterocycles. The van der Waals surface area contributed by atoms with E-state index in [1.807, 2.05) is 13.8 Å². The molecule has 182 valence electrons. The summed E-state index contributed by atoms with van der Waals surface area (Å²) in [7, 11) is -3.93. The zero-order valence-electron chi connectivity index (χ0n) is 20.0. The first kappa shape index (κ1) is 25.6. The van der Waals surface area contributed by atoms with Crippen molar-refractivity contribution >= 4 is 27.0 Å². The van der Waals surface area contributed by atoms with Crippen LogP contribution in [-0.4, -0.2) is 20.4 Å². The third-order valence-corrected chi connectivity index (χ3v) is 7.36. The number of rotatable bonds is 10. The van der Waals surface area contributed by atoms with E-state index in [2.05, 4.69) is 11.6 Å². The molecule has 3 rings (SSSR count). The number of fused-ring (bicyclic) bond motifs is 1. The summed E-state index contributed by atoms with van der Waals surface area (Å²) < 4.78 is 39.2. The van der Waals surface area contributed by atoms with Crippen LogP contribution in [0, 0.1) is 12.8 Å². The van der Waals surface area contributed by atoms with Gasteiger partial charge in [-0.05, 0) is 55.5 Å². The highest BCUT2D eigenvalue weighted by molar-refractivity contribution is 7.89. The molecule has 0 fully saturated rings. The number of esters is 1. The maximum atomic E-state index is 13.0. The molecular weight excluding hydrogens is 454 g/mol. The molecule has 0 spiro atoms. The van der Waals surface area contributed by atoms with Gasteiger partial charge in [-0.15, -0.1) is 0 Å². The number of sulfonamides is 1. The van der Waals surface area contributed by atoms with Gasteiger partial charge in [0.2, 0.25) is 10.0 Å². The minimum Gasteiger partial charge on any atom is -0.425 e. The van der Waals surface area contributed by atoms with Gasteiger partial charge in [-0.2, -0.15) is 4.72 Å². The van der Waals surface area contributed by atoms with Gasteiger partial charge >= 0.3 is 11.6 Å². The van der Waals surface area contributed by atoms with Crippen LogP contribution in [0.4, 0.5) is 0 Å². The number of hydrogen-bond donors (Lipinski definition) is 1. The first-order chi connectivity index (χ1) is 16.1. The molecule has 1 N–H and O–H groups in total. The van der Waals surface area contributed by atoms with Crippen molar-refractivity contribution in [1.82, 2.24) is 4.72 Å². The van der Waals surface area contributed by atoms with Crippen molar-refractivity contribution in [2.45, 2.75) is 64.3 Å². The standard InChI is InChI=1S/C26H31NO6S/c1-5-7-8-19-15-24(28)33-23-16-20(11-14-22(19)23)32-26(29)25(18(4)6-2)27-34(30,31)21-12-9-17(3)10-13-21/h9-16,18,25,27H,5-8H2,1-4H3/t18-,25+/m1/s1. The number of carbonyl (C=O) groups is 1. The van der Waals surface area contributed by atoms with Crippen LogP contribution in [0.2, 0.25) is 0 Å². The largest absolute Gasteiger partial charge is 0.425 e. The molecule has 8 heteroatoms. The Kier molecular flexibility index (Phi) is 8.28. The molecule has 0 radical (unpaired) electrons. The third-order valence-electron chi connectivity index (χ3n) is 5.90. The highest BCUT2D eigenvalue weighted by Crippen LogP contribution is 2.25. The molecule has 1 aromatic heterocycles. The van der Waals surface area contributed by atoms with Crippen molar-refractivity contribution in [2.24, 2.45) is 5.92 Å².